The van der Waals surface area contributed by atoms with Gasteiger partial charge in [-0.05, 0) is 61.2 Å². The van der Waals surface area contributed by atoms with Crippen LogP contribution in [-0.2, 0) is 11.3 Å². The number of amides is 1. The van der Waals surface area contributed by atoms with Crippen LogP contribution in [0.4, 0.5) is 5.69 Å². The normalized spacial score (nSPS) is 17.1. The van der Waals surface area contributed by atoms with E-state index in [1.54, 1.807) is 0 Å². The molecule has 2 heterocycles. The number of carbonyl (C=O) groups is 1. The van der Waals surface area contributed by atoms with E-state index in [-0.39, 0.29) is 11.8 Å². The maximum atomic E-state index is 13.0. The van der Waals surface area contributed by atoms with Gasteiger partial charge in [0.1, 0.15) is 0 Å². The smallest absolute Gasteiger partial charge is 0.241 e. The van der Waals surface area contributed by atoms with Crippen molar-refractivity contribution in [2.24, 2.45) is 5.92 Å². The Morgan fingerprint density at radius 3 is 2.77 bits per heavy atom. The Morgan fingerprint density at radius 2 is 2.00 bits per heavy atom. The quantitative estimate of drug-likeness (QED) is 0.503. The lowest BCUT2D eigenvalue weighted by Crippen LogP contribution is -2.40. The summed E-state index contributed by atoms with van der Waals surface area (Å²) in [4.78, 5) is 19.7. The number of hydrogen-bond donors (Lipinski definition) is 1. The monoisotopic (exact) mass is 482 g/mol. The van der Waals surface area contributed by atoms with Crippen LogP contribution >= 0.6 is 15.9 Å². The summed E-state index contributed by atoms with van der Waals surface area (Å²) in [5.41, 5.74) is 2.99. The van der Waals surface area contributed by atoms with Crippen LogP contribution in [0.2, 0.25) is 0 Å². The highest BCUT2D eigenvalue weighted by atomic mass is 79.9. The molecular formula is C24H27BrN4O2. The van der Waals surface area contributed by atoms with E-state index in [4.69, 9.17) is 4.52 Å². The van der Waals surface area contributed by atoms with Gasteiger partial charge in [-0.15, -0.1) is 0 Å². The number of anilines is 1. The number of aromatic nitrogens is 2. The van der Waals surface area contributed by atoms with Crippen molar-refractivity contribution in [3.05, 3.63) is 64.5 Å². The summed E-state index contributed by atoms with van der Waals surface area (Å²) in [6.45, 7) is 6.43. The summed E-state index contributed by atoms with van der Waals surface area (Å²) in [5, 5.41) is 7.27. The number of rotatable bonds is 6. The zero-order valence-corrected chi connectivity index (χ0v) is 19.4. The van der Waals surface area contributed by atoms with E-state index in [0.29, 0.717) is 30.7 Å². The molecule has 1 unspecified atom stereocenters. The lowest BCUT2D eigenvalue weighted by Gasteiger charge is -2.31. The Bertz CT molecular complexity index is 1030. The zero-order chi connectivity index (χ0) is 21.8. The van der Waals surface area contributed by atoms with Gasteiger partial charge in [-0.25, -0.2) is 0 Å². The first kappa shape index (κ1) is 21.7. The average molecular weight is 483 g/mol. The van der Waals surface area contributed by atoms with Crippen LogP contribution in [-0.4, -0.2) is 34.0 Å². The van der Waals surface area contributed by atoms with E-state index in [2.05, 4.69) is 56.2 Å². The van der Waals surface area contributed by atoms with E-state index < -0.39 is 0 Å². The number of likely N-dealkylation sites (tertiary alicyclic amines) is 1. The van der Waals surface area contributed by atoms with Gasteiger partial charge < -0.3 is 9.84 Å². The minimum atomic E-state index is -0.0529. The summed E-state index contributed by atoms with van der Waals surface area (Å²) < 4.78 is 6.48. The second-order valence-corrected chi connectivity index (χ2v) is 9.24. The van der Waals surface area contributed by atoms with E-state index in [1.807, 2.05) is 42.5 Å². The maximum absolute atomic E-state index is 13.0. The third-order valence-corrected chi connectivity index (χ3v) is 6.18. The fourth-order valence-corrected chi connectivity index (χ4v) is 4.25. The minimum absolute atomic E-state index is 0.0529. The number of para-hydroxylation sites is 1. The molecule has 1 atom stereocenters. The molecule has 1 aromatic heterocycles. The first-order chi connectivity index (χ1) is 15.0. The molecule has 3 aromatic rings. The van der Waals surface area contributed by atoms with Crippen LogP contribution in [0.15, 0.2) is 57.5 Å². The van der Waals surface area contributed by atoms with E-state index in [1.165, 1.54) is 0 Å². The third kappa shape index (κ3) is 5.40. The highest BCUT2D eigenvalue weighted by molar-refractivity contribution is 9.10. The highest BCUT2D eigenvalue weighted by Crippen LogP contribution is 2.26. The zero-order valence-electron chi connectivity index (χ0n) is 17.8. The molecule has 1 fully saturated rings. The molecule has 0 aliphatic carbocycles. The van der Waals surface area contributed by atoms with Crippen molar-refractivity contribution in [1.29, 1.82) is 0 Å². The van der Waals surface area contributed by atoms with Crippen LogP contribution in [0.3, 0.4) is 0 Å². The lowest BCUT2D eigenvalue weighted by molar-refractivity contribution is -0.121. The van der Waals surface area contributed by atoms with Gasteiger partial charge in [-0.2, -0.15) is 4.98 Å². The van der Waals surface area contributed by atoms with Gasteiger partial charge in [0.15, 0.2) is 0 Å². The fourth-order valence-electron chi connectivity index (χ4n) is 3.99. The summed E-state index contributed by atoms with van der Waals surface area (Å²) >= 11 is 3.43. The van der Waals surface area contributed by atoms with Gasteiger partial charge in [-0.3, -0.25) is 9.69 Å². The summed E-state index contributed by atoms with van der Waals surface area (Å²) in [5.74, 6) is 1.54. The second-order valence-electron chi connectivity index (χ2n) is 8.32. The molecule has 4 rings (SSSR count). The van der Waals surface area contributed by atoms with Gasteiger partial charge in [0.25, 0.3) is 0 Å². The maximum Gasteiger partial charge on any atom is 0.241 e. The molecule has 7 heteroatoms. The van der Waals surface area contributed by atoms with Gasteiger partial charge in [0.2, 0.25) is 17.6 Å². The van der Waals surface area contributed by atoms with E-state index in [9.17, 15) is 4.79 Å². The average Bonchev–Trinajstić information content (AvgIpc) is 3.23. The van der Waals surface area contributed by atoms with Crippen LogP contribution in [0.5, 0.6) is 0 Å². The molecule has 0 radical (unpaired) electrons. The van der Waals surface area contributed by atoms with Gasteiger partial charge in [-0.1, -0.05) is 53.1 Å². The van der Waals surface area contributed by atoms with Gasteiger partial charge in [0, 0.05) is 22.3 Å². The van der Waals surface area contributed by atoms with Crippen LogP contribution < -0.4 is 5.32 Å². The minimum Gasteiger partial charge on any atom is -0.338 e. The third-order valence-electron chi connectivity index (χ3n) is 5.65. The van der Waals surface area contributed by atoms with Crippen LogP contribution in [0.25, 0.3) is 11.4 Å². The number of nitrogens with zero attached hydrogens (tertiary/aromatic N) is 3. The predicted molar refractivity (Wildman–Crippen MR) is 125 cm³/mol. The van der Waals surface area contributed by atoms with Crippen LogP contribution in [0, 0.1) is 5.92 Å². The van der Waals surface area contributed by atoms with Crippen molar-refractivity contribution in [2.75, 3.05) is 18.4 Å². The molecule has 0 bridgehead atoms. The molecule has 162 valence electrons. The first-order valence-electron chi connectivity index (χ1n) is 10.7. The Hall–Kier alpha value is -2.51. The Morgan fingerprint density at radius 1 is 1.23 bits per heavy atom. The van der Waals surface area contributed by atoms with Gasteiger partial charge in [0.05, 0.1) is 12.5 Å². The topological polar surface area (TPSA) is 71.3 Å². The SMILES string of the molecule is CC(C)c1ccccc1NC(=O)C1CCCN(Cc2nc(-c3ccc(Br)cc3)no2)C1. The molecule has 1 aliphatic rings. The highest BCUT2D eigenvalue weighted by Gasteiger charge is 2.27. The molecule has 0 saturated carbocycles. The fraction of sp³-hybridized carbons (Fsp3) is 0.375. The Balaban J connectivity index is 1.38. The van der Waals surface area contributed by atoms with Crippen molar-refractivity contribution in [1.82, 2.24) is 15.0 Å². The van der Waals surface area contributed by atoms with Crippen molar-refractivity contribution >= 4 is 27.5 Å². The largest absolute Gasteiger partial charge is 0.338 e. The summed E-state index contributed by atoms with van der Waals surface area (Å²) in [6.07, 6.45) is 1.86. The number of nitrogens with one attached hydrogen (secondary N) is 1. The summed E-state index contributed by atoms with van der Waals surface area (Å²) in [6, 6.07) is 15.9. The molecule has 31 heavy (non-hydrogen) atoms. The number of piperidine rings is 1. The van der Waals surface area contributed by atoms with Crippen LogP contribution in [0.1, 0.15) is 44.1 Å². The van der Waals surface area contributed by atoms with Crippen molar-refractivity contribution in [2.45, 2.75) is 39.2 Å². The van der Waals surface area contributed by atoms with Crippen molar-refractivity contribution < 1.29 is 9.32 Å². The molecule has 1 aliphatic heterocycles. The summed E-state index contributed by atoms with van der Waals surface area (Å²) in [7, 11) is 0. The molecular weight excluding hydrogens is 456 g/mol. The lowest BCUT2D eigenvalue weighted by atomic mass is 9.96. The second kappa shape index (κ2) is 9.75. The standard InChI is InChI=1S/C24H27BrN4O2/c1-16(2)20-7-3-4-8-21(20)26-24(30)18-6-5-13-29(14-18)15-22-27-23(28-31-22)17-9-11-19(25)12-10-17/h3-4,7-12,16,18H,5-6,13-15H2,1-2H3,(H,26,30). The van der Waals surface area contributed by atoms with Crippen molar-refractivity contribution in [3.63, 3.8) is 0 Å². The predicted octanol–water partition coefficient (Wildman–Crippen LogP) is 5.47. The molecule has 2 aromatic carbocycles. The van der Waals surface area contributed by atoms with Gasteiger partial charge >= 0.3 is 0 Å². The Labute approximate surface area is 191 Å². The number of hydrogen-bond acceptors (Lipinski definition) is 5. The van der Waals surface area contributed by atoms with E-state index in [0.717, 1.165) is 40.7 Å². The Kier molecular flexibility index (Phi) is 6.83. The number of benzene rings is 2. The number of carbonyl (C=O) groups excluding carboxylic acids is 1. The molecule has 1 amide bonds. The first-order valence-corrected chi connectivity index (χ1v) is 11.5. The molecule has 6 nitrogen and oxygen atoms in total. The number of halogens is 1. The van der Waals surface area contributed by atoms with Crippen molar-refractivity contribution in [3.8, 4) is 11.4 Å². The molecule has 1 saturated heterocycles. The van der Waals surface area contributed by atoms with E-state index >= 15 is 0 Å². The molecule has 1 N–H and O–H groups in total. The molecule has 0 spiro atoms.